The monoisotopic (exact) mass is 337 g/mol. The first-order chi connectivity index (χ1) is 12.1. The molecule has 1 saturated heterocycles. The van der Waals surface area contributed by atoms with Crippen molar-refractivity contribution in [2.24, 2.45) is 5.92 Å². The van der Waals surface area contributed by atoms with Crippen LogP contribution < -0.4 is 10.6 Å². The third-order valence-electron chi connectivity index (χ3n) is 4.43. The van der Waals surface area contributed by atoms with Crippen molar-refractivity contribution < 1.29 is 9.53 Å². The molecule has 0 saturated carbocycles. The van der Waals surface area contributed by atoms with E-state index in [4.69, 9.17) is 10.5 Å². The van der Waals surface area contributed by atoms with Gasteiger partial charge in [0.25, 0.3) is 0 Å². The maximum Gasteiger partial charge on any atom is 0.337 e. The SMILES string of the molecule is COC(=O)c1cccc(CC2CCN(c3ncnc(N)c3C#N)C2)c1. The van der Waals surface area contributed by atoms with E-state index in [2.05, 4.69) is 20.9 Å². The Morgan fingerprint density at radius 3 is 3.08 bits per heavy atom. The van der Waals surface area contributed by atoms with E-state index in [0.717, 1.165) is 31.5 Å². The van der Waals surface area contributed by atoms with Crippen molar-refractivity contribution in [3.8, 4) is 6.07 Å². The molecule has 2 heterocycles. The molecule has 0 amide bonds. The summed E-state index contributed by atoms with van der Waals surface area (Å²) < 4.78 is 4.77. The molecule has 1 atom stereocenters. The van der Waals surface area contributed by atoms with Gasteiger partial charge in [-0.15, -0.1) is 0 Å². The van der Waals surface area contributed by atoms with Gasteiger partial charge in [0.1, 0.15) is 23.8 Å². The van der Waals surface area contributed by atoms with Crippen molar-refractivity contribution in [2.75, 3.05) is 30.8 Å². The summed E-state index contributed by atoms with van der Waals surface area (Å²) in [5, 5.41) is 9.29. The predicted molar refractivity (Wildman–Crippen MR) is 93.0 cm³/mol. The second-order valence-corrected chi connectivity index (χ2v) is 6.07. The largest absolute Gasteiger partial charge is 0.465 e. The number of aromatic nitrogens is 2. The van der Waals surface area contributed by atoms with Crippen molar-refractivity contribution in [3.63, 3.8) is 0 Å². The first kappa shape index (κ1) is 16.7. The Morgan fingerprint density at radius 2 is 2.32 bits per heavy atom. The molecule has 2 N–H and O–H groups in total. The molecule has 1 aromatic carbocycles. The standard InChI is InChI=1S/C18H19N5O2/c1-25-18(24)14-4-2-3-12(8-14)7-13-5-6-23(10-13)17-15(9-19)16(20)21-11-22-17/h2-4,8,11,13H,5-7,10H2,1H3,(H2,20,21,22). The van der Waals surface area contributed by atoms with E-state index in [0.29, 0.717) is 22.9 Å². The Kier molecular flexibility index (Phi) is 4.80. The molecule has 2 aromatic rings. The first-order valence-electron chi connectivity index (χ1n) is 8.05. The van der Waals surface area contributed by atoms with Crippen LogP contribution in [0.4, 0.5) is 11.6 Å². The number of benzene rings is 1. The summed E-state index contributed by atoms with van der Waals surface area (Å²) in [6.45, 7) is 1.60. The summed E-state index contributed by atoms with van der Waals surface area (Å²) in [4.78, 5) is 21.8. The van der Waals surface area contributed by atoms with Crippen LogP contribution in [0.5, 0.6) is 0 Å². The molecule has 1 aliphatic rings. The Hall–Kier alpha value is -3.14. The van der Waals surface area contributed by atoms with Crippen LogP contribution in [-0.2, 0) is 11.2 Å². The van der Waals surface area contributed by atoms with Gasteiger partial charge in [0.05, 0.1) is 12.7 Å². The van der Waals surface area contributed by atoms with Gasteiger partial charge in [-0.25, -0.2) is 14.8 Å². The third kappa shape index (κ3) is 3.53. The molecule has 1 aromatic heterocycles. The van der Waals surface area contributed by atoms with Gasteiger partial charge in [-0.3, -0.25) is 0 Å². The lowest BCUT2D eigenvalue weighted by atomic mass is 9.97. The molecule has 25 heavy (non-hydrogen) atoms. The summed E-state index contributed by atoms with van der Waals surface area (Å²) in [5.41, 5.74) is 7.76. The average Bonchev–Trinajstić information content (AvgIpc) is 3.09. The van der Waals surface area contributed by atoms with E-state index in [-0.39, 0.29) is 11.8 Å². The van der Waals surface area contributed by atoms with Crippen LogP contribution in [0, 0.1) is 17.2 Å². The number of carbonyl (C=O) groups is 1. The highest BCUT2D eigenvalue weighted by Crippen LogP contribution is 2.28. The van der Waals surface area contributed by atoms with Gasteiger partial charge < -0.3 is 15.4 Å². The van der Waals surface area contributed by atoms with Crippen molar-refractivity contribution in [1.82, 2.24) is 9.97 Å². The molecular weight excluding hydrogens is 318 g/mol. The van der Waals surface area contributed by atoms with Gasteiger partial charge in [-0.1, -0.05) is 12.1 Å². The van der Waals surface area contributed by atoms with Crippen molar-refractivity contribution >= 4 is 17.6 Å². The van der Waals surface area contributed by atoms with E-state index in [9.17, 15) is 10.1 Å². The number of nitrogens with two attached hydrogens (primary N) is 1. The number of hydrogen-bond donors (Lipinski definition) is 1. The number of ether oxygens (including phenoxy) is 1. The molecule has 3 rings (SSSR count). The summed E-state index contributed by atoms with van der Waals surface area (Å²) in [6, 6.07) is 9.59. The zero-order valence-electron chi connectivity index (χ0n) is 14.0. The number of rotatable bonds is 4. The minimum atomic E-state index is -0.329. The number of carbonyl (C=O) groups excluding carboxylic acids is 1. The van der Waals surface area contributed by atoms with Gasteiger partial charge in [0.2, 0.25) is 0 Å². The van der Waals surface area contributed by atoms with Crippen LogP contribution >= 0.6 is 0 Å². The summed E-state index contributed by atoms with van der Waals surface area (Å²) in [5.74, 6) is 0.892. The highest BCUT2D eigenvalue weighted by molar-refractivity contribution is 5.89. The molecule has 0 bridgehead atoms. The number of nitrogen functional groups attached to an aromatic ring is 1. The molecule has 1 aliphatic heterocycles. The van der Waals surface area contributed by atoms with E-state index >= 15 is 0 Å². The van der Waals surface area contributed by atoms with Crippen LogP contribution in [-0.4, -0.2) is 36.1 Å². The summed E-state index contributed by atoms with van der Waals surface area (Å²) >= 11 is 0. The van der Waals surface area contributed by atoms with E-state index in [1.807, 2.05) is 18.2 Å². The molecule has 128 valence electrons. The Balaban J connectivity index is 1.71. The predicted octanol–water partition coefficient (Wildman–Crippen LogP) is 1.79. The van der Waals surface area contributed by atoms with Gasteiger partial charge in [-0.2, -0.15) is 5.26 Å². The zero-order valence-corrected chi connectivity index (χ0v) is 14.0. The molecule has 1 fully saturated rings. The number of hydrogen-bond acceptors (Lipinski definition) is 7. The maximum atomic E-state index is 11.7. The molecule has 0 aliphatic carbocycles. The molecule has 7 heteroatoms. The van der Waals surface area contributed by atoms with Crippen LogP contribution in [0.2, 0.25) is 0 Å². The second kappa shape index (κ2) is 7.18. The molecule has 1 unspecified atom stereocenters. The Morgan fingerprint density at radius 1 is 1.48 bits per heavy atom. The van der Waals surface area contributed by atoms with Crippen molar-refractivity contribution in [2.45, 2.75) is 12.8 Å². The van der Waals surface area contributed by atoms with Gasteiger partial charge in [0, 0.05) is 13.1 Å². The van der Waals surface area contributed by atoms with Crippen molar-refractivity contribution in [3.05, 3.63) is 47.3 Å². The van der Waals surface area contributed by atoms with Crippen LogP contribution in [0.25, 0.3) is 0 Å². The van der Waals surface area contributed by atoms with Crippen LogP contribution in [0.3, 0.4) is 0 Å². The van der Waals surface area contributed by atoms with Crippen LogP contribution in [0.1, 0.15) is 27.9 Å². The zero-order chi connectivity index (χ0) is 17.8. The van der Waals surface area contributed by atoms with E-state index in [1.165, 1.54) is 13.4 Å². The molecule has 0 spiro atoms. The topological polar surface area (TPSA) is 105 Å². The lowest BCUT2D eigenvalue weighted by Gasteiger charge is -2.19. The average molecular weight is 337 g/mol. The number of nitrogens with zero attached hydrogens (tertiary/aromatic N) is 4. The van der Waals surface area contributed by atoms with Crippen molar-refractivity contribution in [1.29, 1.82) is 5.26 Å². The fourth-order valence-corrected chi connectivity index (χ4v) is 3.20. The number of nitriles is 1. The quantitative estimate of drug-likeness (QED) is 0.848. The number of esters is 1. The molecule has 7 nitrogen and oxygen atoms in total. The highest BCUT2D eigenvalue weighted by atomic mass is 16.5. The maximum absolute atomic E-state index is 11.7. The molecular formula is C18H19N5O2. The third-order valence-corrected chi connectivity index (χ3v) is 4.43. The number of anilines is 2. The van der Waals surface area contributed by atoms with Gasteiger partial charge in [-0.05, 0) is 36.5 Å². The number of methoxy groups -OCH3 is 1. The highest BCUT2D eigenvalue weighted by Gasteiger charge is 2.26. The van der Waals surface area contributed by atoms with E-state index in [1.54, 1.807) is 6.07 Å². The van der Waals surface area contributed by atoms with Crippen LogP contribution in [0.15, 0.2) is 30.6 Å². The lowest BCUT2D eigenvalue weighted by Crippen LogP contribution is -2.23. The minimum absolute atomic E-state index is 0.210. The molecule has 0 radical (unpaired) electrons. The minimum Gasteiger partial charge on any atom is -0.465 e. The Labute approximate surface area is 146 Å². The summed E-state index contributed by atoms with van der Waals surface area (Å²) in [6.07, 6.45) is 3.22. The normalized spacial score (nSPS) is 16.5. The van der Waals surface area contributed by atoms with E-state index < -0.39 is 0 Å². The Bertz CT molecular complexity index is 830. The van der Waals surface area contributed by atoms with Gasteiger partial charge >= 0.3 is 5.97 Å². The first-order valence-corrected chi connectivity index (χ1v) is 8.05. The fraction of sp³-hybridized carbons (Fsp3) is 0.333. The summed E-state index contributed by atoms with van der Waals surface area (Å²) in [7, 11) is 1.38. The smallest absolute Gasteiger partial charge is 0.337 e. The fourth-order valence-electron chi connectivity index (χ4n) is 3.20. The second-order valence-electron chi connectivity index (χ2n) is 6.07. The van der Waals surface area contributed by atoms with Gasteiger partial charge in [0.15, 0.2) is 5.82 Å². The lowest BCUT2D eigenvalue weighted by molar-refractivity contribution is 0.0600.